The lowest BCUT2D eigenvalue weighted by molar-refractivity contribution is -0.161. The first-order chi connectivity index (χ1) is 16.9. The standard InChI is InChI=1S/C25H34Cl2N4O5/c1-16-23(34)29(12-13-31(16)24(35)28-18-7-8-19(26)20(27)14-18)10-5-6-22(33)30-11-9-25(3,4)21(15-30)36-17(2)32/h7-8,14,16,21H,5-6,9-13,15H2,1-4H3,(H,28,35). The molecule has 2 aliphatic heterocycles. The lowest BCUT2D eigenvalue weighted by Crippen LogP contribution is -2.58. The molecule has 198 valence electrons. The second kappa shape index (κ2) is 11.7. The molecule has 1 aromatic rings. The SMILES string of the molecule is CC(=O)OC1CN(C(=O)CCCN2CCN(C(=O)Nc3ccc(Cl)c(Cl)c3)C(C)C2=O)CCC1(C)C. The van der Waals surface area contributed by atoms with Crippen LogP contribution in [0.4, 0.5) is 10.5 Å². The number of carbonyl (C=O) groups excluding carboxylic acids is 4. The van der Waals surface area contributed by atoms with Gasteiger partial charge in [-0.3, -0.25) is 14.4 Å². The molecule has 11 heteroatoms. The Kier molecular flexibility index (Phi) is 9.11. The van der Waals surface area contributed by atoms with Gasteiger partial charge in [-0.15, -0.1) is 0 Å². The summed E-state index contributed by atoms with van der Waals surface area (Å²) < 4.78 is 5.45. The van der Waals surface area contributed by atoms with Crippen molar-refractivity contribution in [2.75, 3.05) is 38.0 Å². The van der Waals surface area contributed by atoms with Crippen molar-refractivity contribution in [3.63, 3.8) is 0 Å². The number of hydrogen-bond donors (Lipinski definition) is 1. The molecule has 2 heterocycles. The molecule has 36 heavy (non-hydrogen) atoms. The van der Waals surface area contributed by atoms with E-state index < -0.39 is 6.04 Å². The average molecular weight is 541 g/mol. The Labute approximate surface area is 222 Å². The minimum absolute atomic E-state index is 0.0113. The molecule has 9 nitrogen and oxygen atoms in total. The van der Waals surface area contributed by atoms with Crippen molar-refractivity contribution >= 4 is 52.7 Å². The largest absolute Gasteiger partial charge is 0.460 e. The van der Waals surface area contributed by atoms with E-state index in [-0.39, 0.29) is 35.3 Å². The summed E-state index contributed by atoms with van der Waals surface area (Å²) in [5.74, 6) is -0.518. The number of carbonyl (C=O) groups is 4. The Morgan fingerprint density at radius 1 is 1.14 bits per heavy atom. The van der Waals surface area contributed by atoms with E-state index >= 15 is 0 Å². The highest BCUT2D eigenvalue weighted by Crippen LogP contribution is 2.33. The summed E-state index contributed by atoms with van der Waals surface area (Å²) >= 11 is 11.9. The lowest BCUT2D eigenvalue weighted by atomic mass is 9.79. The van der Waals surface area contributed by atoms with Crippen molar-refractivity contribution in [3.8, 4) is 0 Å². The summed E-state index contributed by atoms with van der Waals surface area (Å²) in [6.07, 6.45) is 1.23. The van der Waals surface area contributed by atoms with E-state index in [9.17, 15) is 19.2 Å². The number of benzene rings is 1. The molecular formula is C25H34Cl2N4O5. The molecule has 0 aromatic heterocycles. The van der Waals surface area contributed by atoms with E-state index in [1.807, 2.05) is 13.8 Å². The van der Waals surface area contributed by atoms with Gasteiger partial charge in [0.25, 0.3) is 0 Å². The van der Waals surface area contributed by atoms with E-state index in [4.69, 9.17) is 27.9 Å². The molecule has 2 unspecified atom stereocenters. The van der Waals surface area contributed by atoms with Crippen LogP contribution in [0.2, 0.25) is 10.0 Å². The van der Waals surface area contributed by atoms with Gasteiger partial charge in [-0.25, -0.2) is 4.79 Å². The number of urea groups is 1. The number of hydrogen-bond acceptors (Lipinski definition) is 5. The molecule has 2 atom stereocenters. The van der Waals surface area contributed by atoms with Crippen LogP contribution in [0, 0.1) is 5.41 Å². The highest BCUT2D eigenvalue weighted by atomic mass is 35.5. The van der Waals surface area contributed by atoms with Crippen LogP contribution in [0.25, 0.3) is 0 Å². The van der Waals surface area contributed by atoms with E-state index in [0.29, 0.717) is 61.3 Å². The maximum atomic E-state index is 12.9. The topological polar surface area (TPSA) is 99.3 Å². The van der Waals surface area contributed by atoms with E-state index in [1.54, 1.807) is 34.9 Å². The van der Waals surface area contributed by atoms with Crippen LogP contribution in [0.3, 0.4) is 0 Å². The number of anilines is 1. The van der Waals surface area contributed by atoms with Gasteiger partial charge in [0.2, 0.25) is 11.8 Å². The van der Waals surface area contributed by atoms with Crippen molar-refractivity contribution in [2.24, 2.45) is 5.41 Å². The number of likely N-dealkylation sites (tertiary alicyclic amines) is 1. The number of ether oxygens (including phenoxy) is 1. The molecule has 2 fully saturated rings. The first-order valence-electron chi connectivity index (χ1n) is 12.2. The van der Waals surface area contributed by atoms with Gasteiger partial charge in [0.1, 0.15) is 12.1 Å². The molecule has 0 radical (unpaired) electrons. The second-order valence-corrected chi connectivity index (χ2v) is 10.8. The van der Waals surface area contributed by atoms with Crippen LogP contribution in [0.15, 0.2) is 18.2 Å². The fourth-order valence-corrected chi connectivity index (χ4v) is 4.82. The summed E-state index contributed by atoms with van der Waals surface area (Å²) in [7, 11) is 0. The van der Waals surface area contributed by atoms with Crippen molar-refractivity contribution in [1.82, 2.24) is 14.7 Å². The summed E-state index contributed by atoms with van der Waals surface area (Å²) in [5.41, 5.74) is 0.309. The highest BCUT2D eigenvalue weighted by Gasteiger charge is 2.39. The molecule has 2 saturated heterocycles. The zero-order chi connectivity index (χ0) is 26.6. The van der Waals surface area contributed by atoms with Crippen molar-refractivity contribution < 1.29 is 23.9 Å². The minimum Gasteiger partial charge on any atom is -0.460 e. The number of nitrogens with zero attached hydrogens (tertiary/aromatic N) is 3. The fraction of sp³-hybridized carbons (Fsp3) is 0.600. The smallest absolute Gasteiger partial charge is 0.322 e. The number of nitrogens with one attached hydrogen (secondary N) is 1. The molecule has 3 rings (SSSR count). The minimum atomic E-state index is -0.633. The summed E-state index contributed by atoms with van der Waals surface area (Å²) in [6, 6.07) is 3.77. The molecule has 2 aliphatic rings. The quantitative estimate of drug-likeness (QED) is 0.549. The first kappa shape index (κ1) is 28.1. The Morgan fingerprint density at radius 3 is 2.53 bits per heavy atom. The molecule has 0 aliphatic carbocycles. The molecule has 0 saturated carbocycles. The fourth-order valence-electron chi connectivity index (χ4n) is 4.52. The van der Waals surface area contributed by atoms with Gasteiger partial charge >= 0.3 is 12.0 Å². The number of amides is 4. The average Bonchev–Trinajstić information content (AvgIpc) is 2.80. The Morgan fingerprint density at radius 2 is 1.86 bits per heavy atom. The van der Waals surface area contributed by atoms with E-state index in [2.05, 4.69) is 5.32 Å². The van der Waals surface area contributed by atoms with Gasteiger partial charge in [0.15, 0.2) is 0 Å². The van der Waals surface area contributed by atoms with Crippen LogP contribution < -0.4 is 5.32 Å². The maximum Gasteiger partial charge on any atom is 0.322 e. The second-order valence-electron chi connectivity index (χ2n) is 10.0. The third-order valence-corrected chi connectivity index (χ3v) is 7.68. The molecule has 1 aromatic carbocycles. The predicted octanol–water partition coefficient (Wildman–Crippen LogP) is 4.03. The number of esters is 1. The van der Waals surface area contributed by atoms with Crippen molar-refractivity contribution in [2.45, 2.75) is 59.1 Å². The van der Waals surface area contributed by atoms with Gasteiger partial charge in [0.05, 0.1) is 16.6 Å². The number of rotatable bonds is 6. The van der Waals surface area contributed by atoms with E-state index in [1.165, 1.54) is 11.8 Å². The normalized spacial score (nSPS) is 21.8. The van der Waals surface area contributed by atoms with Crippen LogP contribution in [0.5, 0.6) is 0 Å². The zero-order valence-electron chi connectivity index (χ0n) is 21.2. The Balaban J connectivity index is 1.47. The summed E-state index contributed by atoms with van der Waals surface area (Å²) in [6.45, 7) is 9.35. The Hall–Kier alpha value is -2.52. The lowest BCUT2D eigenvalue weighted by Gasteiger charge is -2.43. The Bertz CT molecular complexity index is 1020. The molecule has 0 spiro atoms. The molecule has 1 N–H and O–H groups in total. The van der Waals surface area contributed by atoms with Crippen LogP contribution >= 0.6 is 23.2 Å². The van der Waals surface area contributed by atoms with Gasteiger partial charge in [-0.05, 0) is 38.0 Å². The monoisotopic (exact) mass is 540 g/mol. The first-order valence-corrected chi connectivity index (χ1v) is 12.9. The van der Waals surface area contributed by atoms with Crippen LogP contribution in [0.1, 0.15) is 47.0 Å². The number of halogens is 2. The zero-order valence-corrected chi connectivity index (χ0v) is 22.7. The number of piperidine rings is 1. The number of piperazine rings is 1. The molecule has 0 bridgehead atoms. The maximum absolute atomic E-state index is 12.9. The van der Waals surface area contributed by atoms with Gasteiger partial charge < -0.3 is 24.8 Å². The third-order valence-electron chi connectivity index (χ3n) is 6.94. The van der Waals surface area contributed by atoms with Crippen LogP contribution in [-0.2, 0) is 19.1 Å². The summed E-state index contributed by atoms with van der Waals surface area (Å²) in [5, 5.41) is 3.47. The van der Waals surface area contributed by atoms with Gasteiger partial charge in [-0.2, -0.15) is 0 Å². The van der Waals surface area contributed by atoms with Gasteiger partial charge in [0, 0.05) is 50.6 Å². The van der Waals surface area contributed by atoms with Crippen molar-refractivity contribution in [3.05, 3.63) is 28.2 Å². The van der Waals surface area contributed by atoms with Crippen molar-refractivity contribution in [1.29, 1.82) is 0 Å². The molecule has 4 amide bonds. The van der Waals surface area contributed by atoms with Gasteiger partial charge in [-0.1, -0.05) is 37.0 Å². The third kappa shape index (κ3) is 6.82. The predicted molar refractivity (Wildman–Crippen MR) is 138 cm³/mol. The highest BCUT2D eigenvalue weighted by molar-refractivity contribution is 6.42. The summed E-state index contributed by atoms with van der Waals surface area (Å²) in [4.78, 5) is 54.8. The molecular weight excluding hydrogens is 507 g/mol. The van der Waals surface area contributed by atoms with Crippen LogP contribution in [-0.4, -0.2) is 83.4 Å². The van der Waals surface area contributed by atoms with E-state index in [0.717, 1.165) is 6.42 Å².